The van der Waals surface area contributed by atoms with Crippen LogP contribution >= 0.6 is 11.8 Å². The molecule has 0 unspecified atom stereocenters. The predicted octanol–water partition coefficient (Wildman–Crippen LogP) is 3.74. The number of benzene rings is 2. The standard InChI is InChI=1S/C15H12FN3S/c16-10-5-6-13(11(8-10)15(17)18)20-14-7-9-3-1-2-4-12(9)19-14/h1-8,19H,(H3,17,18). The van der Waals surface area contributed by atoms with Gasteiger partial charge in [0, 0.05) is 21.4 Å². The van der Waals surface area contributed by atoms with Crippen molar-refractivity contribution >= 4 is 28.5 Å². The fraction of sp³-hybridized carbons (Fsp3) is 0. The molecule has 5 heteroatoms. The van der Waals surface area contributed by atoms with E-state index in [1.165, 1.54) is 23.9 Å². The van der Waals surface area contributed by atoms with Gasteiger partial charge in [-0.1, -0.05) is 30.0 Å². The smallest absolute Gasteiger partial charge is 0.124 e. The van der Waals surface area contributed by atoms with Gasteiger partial charge in [-0.2, -0.15) is 0 Å². The van der Waals surface area contributed by atoms with Crippen LogP contribution in [0.3, 0.4) is 0 Å². The second-order valence-electron chi connectivity index (χ2n) is 4.38. The van der Waals surface area contributed by atoms with E-state index in [0.717, 1.165) is 20.8 Å². The molecule has 0 amide bonds. The Morgan fingerprint density at radius 1 is 1.15 bits per heavy atom. The number of fused-ring (bicyclic) bond motifs is 1. The summed E-state index contributed by atoms with van der Waals surface area (Å²) in [5.74, 6) is -0.528. The molecule has 3 aromatic rings. The quantitative estimate of drug-likeness (QED) is 0.507. The van der Waals surface area contributed by atoms with Crippen LogP contribution in [0.4, 0.5) is 4.39 Å². The Bertz CT molecular complexity index is 762. The summed E-state index contributed by atoms with van der Waals surface area (Å²) in [5.41, 5.74) is 6.96. The van der Waals surface area contributed by atoms with Gasteiger partial charge in [-0.05, 0) is 30.3 Å². The van der Waals surface area contributed by atoms with Gasteiger partial charge in [0.1, 0.15) is 11.7 Å². The van der Waals surface area contributed by atoms with Crippen molar-refractivity contribution in [2.75, 3.05) is 0 Å². The summed E-state index contributed by atoms with van der Waals surface area (Å²) in [5, 5.41) is 9.58. The minimum absolute atomic E-state index is 0.136. The third-order valence-electron chi connectivity index (χ3n) is 2.96. The lowest BCUT2D eigenvalue weighted by Gasteiger charge is -2.06. The summed E-state index contributed by atoms with van der Waals surface area (Å²) in [6.07, 6.45) is 0. The zero-order valence-corrected chi connectivity index (χ0v) is 11.3. The van der Waals surface area contributed by atoms with E-state index < -0.39 is 5.82 Å². The van der Waals surface area contributed by atoms with Crippen molar-refractivity contribution in [2.24, 2.45) is 5.73 Å². The van der Waals surface area contributed by atoms with Crippen LogP contribution in [0.2, 0.25) is 0 Å². The lowest BCUT2D eigenvalue weighted by atomic mass is 10.2. The Kier molecular flexibility index (Phi) is 3.20. The highest BCUT2D eigenvalue weighted by molar-refractivity contribution is 7.99. The van der Waals surface area contributed by atoms with Crippen molar-refractivity contribution in [3.63, 3.8) is 0 Å². The Balaban J connectivity index is 2.00. The molecule has 2 aromatic carbocycles. The number of nitrogen functional groups attached to an aromatic ring is 1. The van der Waals surface area contributed by atoms with Gasteiger partial charge in [-0.25, -0.2) is 4.39 Å². The van der Waals surface area contributed by atoms with Crippen LogP contribution < -0.4 is 5.73 Å². The first kappa shape index (κ1) is 12.7. The van der Waals surface area contributed by atoms with E-state index in [2.05, 4.69) is 4.98 Å². The highest BCUT2D eigenvalue weighted by atomic mass is 32.2. The monoisotopic (exact) mass is 285 g/mol. The maximum atomic E-state index is 13.2. The minimum Gasteiger partial charge on any atom is -0.384 e. The first-order valence-electron chi connectivity index (χ1n) is 6.03. The zero-order chi connectivity index (χ0) is 14.1. The molecule has 100 valence electrons. The Hall–Kier alpha value is -2.27. The van der Waals surface area contributed by atoms with Crippen molar-refractivity contribution in [3.8, 4) is 0 Å². The average Bonchev–Trinajstić information content (AvgIpc) is 2.82. The maximum absolute atomic E-state index is 13.2. The summed E-state index contributed by atoms with van der Waals surface area (Å²) in [6.45, 7) is 0. The molecule has 0 fully saturated rings. The zero-order valence-electron chi connectivity index (χ0n) is 10.5. The van der Waals surface area contributed by atoms with Crippen molar-refractivity contribution in [1.82, 2.24) is 4.98 Å². The van der Waals surface area contributed by atoms with Crippen LogP contribution in [-0.2, 0) is 0 Å². The molecule has 0 radical (unpaired) electrons. The second-order valence-corrected chi connectivity index (χ2v) is 5.46. The number of para-hydroxylation sites is 1. The molecule has 4 N–H and O–H groups in total. The number of aromatic amines is 1. The van der Waals surface area contributed by atoms with E-state index in [0.29, 0.717) is 5.56 Å². The number of nitrogens with two attached hydrogens (primary N) is 1. The molecule has 1 heterocycles. The number of hydrogen-bond acceptors (Lipinski definition) is 2. The number of rotatable bonds is 3. The fourth-order valence-electron chi connectivity index (χ4n) is 2.02. The lowest BCUT2D eigenvalue weighted by Crippen LogP contribution is -2.12. The molecule has 1 aromatic heterocycles. The predicted molar refractivity (Wildman–Crippen MR) is 79.8 cm³/mol. The van der Waals surface area contributed by atoms with Gasteiger partial charge in [0.25, 0.3) is 0 Å². The SMILES string of the molecule is N=C(N)c1cc(F)ccc1Sc1cc2ccccc2[nH]1. The van der Waals surface area contributed by atoms with E-state index in [9.17, 15) is 4.39 Å². The Labute approximate surface area is 119 Å². The molecule has 20 heavy (non-hydrogen) atoms. The summed E-state index contributed by atoms with van der Waals surface area (Å²) in [4.78, 5) is 4.04. The number of nitrogens with one attached hydrogen (secondary N) is 2. The summed E-state index contributed by atoms with van der Waals surface area (Å²) in [6, 6.07) is 14.3. The number of amidine groups is 1. The van der Waals surface area contributed by atoms with Gasteiger partial charge in [-0.3, -0.25) is 5.41 Å². The van der Waals surface area contributed by atoms with Crippen LogP contribution in [0.25, 0.3) is 10.9 Å². The highest BCUT2D eigenvalue weighted by Crippen LogP contribution is 2.32. The van der Waals surface area contributed by atoms with Crippen LogP contribution in [0.15, 0.2) is 58.5 Å². The molecule has 0 aliphatic rings. The molecule has 0 aliphatic heterocycles. The first-order chi connectivity index (χ1) is 9.63. The average molecular weight is 285 g/mol. The van der Waals surface area contributed by atoms with Crippen molar-refractivity contribution < 1.29 is 4.39 Å². The number of H-pyrrole nitrogens is 1. The topological polar surface area (TPSA) is 65.7 Å². The van der Waals surface area contributed by atoms with Gasteiger partial charge >= 0.3 is 0 Å². The molecule has 0 aliphatic carbocycles. The Morgan fingerprint density at radius 3 is 2.70 bits per heavy atom. The second kappa shape index (κ2) is 5.02. The van der Waals surface area contributed by atoms with E-state index in [1.54, 1.807) is 6.07 Å². The molecular formula is C15H12FN3S. The van der Waals surface area contributed by atoms with Crippen molar-refractivity contribution in [2.45, 2.75) is 9.92 Å². The van der Waals surface area contributed by atoms with Gasteiger partial charge in [-0.15, -0.1) is 0 Å². The van der Waals surface area contributed by atoms with E-state index in [1.807, 2.05) is 30.3 Å². The lowest BCUT2D eigenvalue weighted by molar-refractivity contribution is 0.626. The molecule has 3 rings (SSSR count). The molecule has 0 bridgehead atoms. The third kappa shape index (κ3) is 2.40. The maximum Gasteiger partial charge on any atom is 0.124 e. The number of hydrogen-bond donors (Lipinski definition) is 3. The summed E-state index contributed by atoms with van der Waals surface area (Å²) in [7, 11) is 0. The van der Waals surface area contributed by atoms with E-state index >= 15 is 0 Å². The van der Waals surface area contributed by atoms with Crippen LogP contribution in [-0.4, -0.2) is 10.8 Å². The molecular weight excluding hydrogens is 273 g/mol. The van der Waals surface area contributed by atoms with Crippen LogP contribution in [0.5, 0.6) is 0 Å². The van der Waals surface area contributed by atoms with Gasteiger partial charge in [0.15, 0.2) is 0 Å². The highest BCUT2D eigenvalue weighted by Gasteiger charge is 2.10. The third-order valence-corrected chi connectivity index (χ3v) is 3.97. The van der Waals surface area contributed by atoms with E-state index in [-0.39, 0.29) is 5.84 Å². The van der Waals surface area contributed by atoms with E-state index in [4.69, 9.17) is 11.1 Å². The number of aromatic nitrogens is 1. The van der Waals surface area contributed by atoms with Crippen LogP contribution in [0.1, 0.15) is 5.56 Å². The summed E-state index contributed by atoms with van der Waals surface area (Å²) >= 11 is 1.43. The van der Waals surface area contributed by atoms with Gasteiger partial charge in [0.05, 0.1) is 5.03 Å². The molecule has 0 saturated carbocycles. The number of halogens is 1. The van der Waals surface area contributed by atoms with Gasteiger partial charge in [0.2, 0.25) is 0 Å². The molecule has 0 saturated heterocycles. The first-order valence-corrected chi connectivity index (χ1v) is 6.85. The fourth-order valence-corrected chi connectivity index (χ4v) is 3.02. The van der Waals surface area contributed by atoms with Gasteiger partial charge < -0.3 is 10.7 Å². The van der Waals surface area contributed by atoms with Crippen LogP contribution in [0, 0.1) is 11.2 Å². The Morgan fingerprint density at radius 2 is 1.95 bits per heavy atom. The molecule has 0 atom stereocenters. The summed E-state index contributed by atoms with van der Waals surface area (Å²) < 4.78 is 13.2. The minimum atomic E-state index is -0.392. The van der Waals surface area contributed by atoms with Crippen molar-refractivity contribution in [3.05, 3.63) is 59.9 Å². The molecule has 0 spiro atoms. The normalized spacial score (nSPS) is 10.8. The van der Waals surface area contributed by atoms with Crippen molar-refractivity contribution in [1.29, 1.82) is 5.41 Å². The molecule has 3 nitrogen and oxygen atoms in total. The largest absolute Gasteiger partial charge is 0.384 e.